The highest BCUT2D eigenvalue weighted by molar-refractivity contribution is 8.00. The number of guanidine groups is 1. The summed E-state index contributed by atoms with van der Waals surface area (Å²) in [5.41, 5.74) is 1.16. The molecule has 1 saturated heterocycles. The first kappa shape index (κ1) is 17.3. The Hall–Kier alpha value is -1.56. The van der Waals surface area contributed by atoms with Crippen LogP contribution < -0.4 is 20.1 Å². The lowest BCUT2D eigenvalue weighted by atomic mass is 10.1. The topological polar surface area (TPSA) is 54.9 Å². The molecule has 132 valence electrons. The lowest BCUT2D eigenvalue weighted by molar-refractivity contribution is 0.297. The van der Waals surface area contributed by atoms with Crippen molar-refractivity contribution in [3.05, 3.63) is 23.8 Å². The van der Waals surface area contributed by atoms with Gasteiger partial charge in [0.1, 0.15) is 0 Å². The fraction of sp³-hybridized carbons (Fsp3) is 0.611. The van der Waals surface area contributed by atoms with Gasteiger partial charge in [0.05, 0.1) is 13.2 Å². The molecule has 2 aliphatic rings. The lowest BCUT2D eigenvalue weighted by Crippen LogP contribution is -2.43. The molecule has 1 unspecified atom stereocenters. The van der Waals surface area contributed by atoms with E-state index in [0.29, 0.717) is 17.9 Å². The standard InChI is InChI=1S/C18H27N3O2S/c1-18(7-3-10-24-18)13-21-17(19-2)20-12-14-5-6-15-16(11-14)23-9-4-8-22-15/h5-6,11H,3-4,7-10,12-13H2,1-2H3,(H2,19,20,21). The van der Waals surface area contributed by atoms with Gasteiger partial charge in [0, 0.05) is 31.3 Å². The highest BCUT2D eigenvalue weighted by Gasteiger charge is 2.29. The molecule has 1 aromatic carbocycles. The molecular formula is C18H27N3O2S. The summed E-state index contributed by atoms with van der Waals surface area (Å²) >= 11 is 2.05. The number of fused-ring (bicyclic) bond motifs is 1. The summed E-state index contributed by atoms with van der Waals surface area (Å²) in [5, 5.41) is 6.84. The number of benzene rings is 1. The summed E-state index contributed by atoms with van der Waals surface area (Å²) in [6.45, 7) is 5.41. The lowest BCUT2D eigenvalue weighted by Gasteiger charge is -2.24. The molecule has 0 amide bonds. The monoisotopic (exact) mass is 349 g/mol. The van der Waals surface area contributed by atoms with Crippen LogP contribution in [0.3, 0.4) is 0 Å². The van der Waals surface area contributed by atoms with Gasteiger partial charge in [0.25, 0.3) is 0 Å². The first-order chi connectivity index (χ1) is 11.7. The smallest absolute Gasteiger partial charge is 0.191 e. The fourth-order valence-electron chi connectivity index (χ4n) is 2.97. The Balaban J connectivity index is 1.53. The summed E-state index contributed by atoms with van der Waals surface area (Å²) in [4.78, 5) is 4.33. The van der Waals surface area contributed by atoms with Gasteiger partial charge in [-0.3, -0.25) is 4.99 Å². The summed E-state index contributed by atoms with van der Waals surface area (Å²) in [6.07, 6.45) is 3.51. The zero-order valence-electron chi connectivity index (χ0n) is 14.6. The van der Waals surface area contributed by atoms with Crippen LogP contribution in [0.5, 0.6) is 11.5 Å². The van der Waals surface area contributed by atoms with Gasteiger partial charge < -0.3 is 20.1 Å². The largest absolute Gasteiger partial charge is 0.490 e. The van der Waals surface area contributed by atoms with Crippen LogP contribution >= 0.6 is 11.8 Å². The van der Waals surface area contributed by atoms with Crippen molar-refractivity contribution >= 4 is 17.7 Å². The quantitative estimate of drug-likeness (QED) is 0.647. The molecule has 0 aromatic heterocycles. The molecule has 2 heterocycles. The van der Waals surface area contributed by atoms with Crippen molar-refractivity contribution in [2.75, 3.05) is 32.6 Å². The Bertz CT molecular complexity index is 586. The molecular weight excluding hydrogens is 322 g/mol. The Labute approximate surface area is 148 Å². The molecule has 24 heavy (non-hydrogen) atoms. The molecule has 5 nitrogen and oxygen atoms in total. The number of aliphatic imine (C=N–C) groups is 1. The van der Waals surface area contributed by atoms with E-state index in [0.717, 1.165) is 42.6 Å². The van der Waals surface area contributed by atoms with E-state index in [9.17, 15) is 0 Å². The molecule has 6 heteroatoms. The molecule has 0 aliphatic carbocycles. The van der Waals surface area contributed by atoms with Crippen molar-refractivity contribution in [3.63, 3.8) is 0 Å². The van der Waals surface area contributed by atoms with E-state index in [-0.39, 0.29) is 0 Å². The summed E-state index contributed by atoms with van der Waals surface area (Å²) in [5.74, 6) is 3.78. The van der Waals surface area contributed by atoms with E-state index in [4.69, 9.17) is 9.47 Å². The minimum Gasteiger partial charge on any atom is -0.490 e. The Morgan fingerprint density at radius 1 is 1.21 bits per heavy atom. The average molecular weight is 350 g/mol. The van der Waals surface area contributed by atoms with Crippen molar-refractivity contribution in [3.8, 4) is 11.5 Å². The van der Waals surface area contributed by atoms with Crippen LogP contribution in [0.15, 0.2) is 23.2 Å². The van der Waals surface area contributed by atoms with Crippen molar-refractivity contribution in [1.29, 1.82) is 0 Å². The zero-order valence-corrected chi connectivity index (χ0v) is 15.4. The van der Waals surface area contributed by atoms with Crippen molar-refractivity contribution in [2.24, 2.45) is 4.99 Å². The SMILES string of the molecule is CN=C(NCc1ccc2c(c1)OCCCO2)NCC1(C)CCCS1. The van der Waals surface area contributed by atoms with Crippen molar-refractivity contribution < 1.29 is 9.47 Å². The molecule has 2 aliphatic heterocycles. The summed E-state index contributed by atoms with van der Waals surface area (Å²) in [6, 6.07) is 6.11. The maximum atomic E-state index is 5.75. The third kappa shape index (κ3) is 4.50. The number of rotatable bonds is 4. The summed E-state index contributed by atoms with van der Waals surface area (Å²) in [7, 11) is 1.81. The van der Waals surface area contributed by atoms with Crippen LogP contribution in [-0.4, -0.2) is 43.3 Å². The third-order valence-corrected chi connectivity index (χ3v) is 5.96. The highest BCUT2D eigenvalue weighted by atomic mass is 32.2. The van der Waals surface area contributed by atoms with Gasteiger partial charge in [-0.25, -0.2) is 0 Å². The minimum absolute atomic E-state index is 0.326. The normalized spacial score (nSPS) is 23.7. The van der Waals surface area contributed by atoms with Gasteiger partial charge >= 0.3 is 0 Å². The van der Waals surface area contributed by atoms with Gasteiger partial charge in [-0.05, 0) is 43.2 Å². The van der Waals surface area contributed by atoms with Crippen LogP contribution in [0.4, 0.5) is 0 Å². The molecule has 1 aromatic rings. The van der Waals surface area contributed by atoms with Gasteiger partial charge in [-0.15, -0.1) is 0 Å². The second kappa shape index (κ2) is 8.01. The minimum atomic E-state index is 0.326. The van der Waals surface area contributed by atoms with Gasteiger partial charge in [0.2, 0.25) is 0 Å². The van der Waals surface area contributed by atoms with Gasteiger partial charge in [-0.1, -0.05) is 6.07 Å². The van der Waals surface area contributed by atoms with E-state index in [2.05, 4.69) is 46.4 Å². The van der Waals surface area contributed by atoms with Crippen LogP contribution in [0.1, 0.15) is 31.7 Å². The number of hydrogen-bond acceptors (Lipinski definition) is 4. The van der Waals surface area contributed by atoms with Crippen LogP contribution in [0.25, 0.3) is 0 Å². The Morgan fingerprint density at radius 3 is 2.79 bits per heavy atom. The number of ether oxygens (including phenoxy) is 2. The first-order valence-corrected chi connectivity index (χ1v) is 9.64. The number of hydrogen-bond donors (Lipinski definition) is 2. The molecule has 0 radical (unpaired) electrons. The number of thioether (sulfide) groups is 1. The summed E-state index contributed by atoms with van der Waals surface area (Å²) < 4.78 is 11.7. The second-order valence-corrected chi connectivity index (χ2v) is 8.20. The van der Waals surface area contributed by atoms with Gasteiger partial charge in [-0.2, -0.15) is 11.8 Å². The molecule has 0 spiro atoms. The molecule has 1 atom stereocenters. The molecule has 1 fully saturated rings. The van der Waals surface area contributed by atoms with Gasteiger partial charge in [0.15, 0.2) is 17.5 Å². The van der Waals surface area contributed by atoms with E-state index < -0.39 is 0 Å². The second-order valence-electron chi connectivity index (χ2n) is 6.51. The van der Waals surface area contributed by atoms with E-state index in [1.807, 2.05) is 13.1 Å². The first-order valence-electron chi connectivity index (χ1n) is 8.66. The predicted molar refractivity (Wildman–Crippen MR) is 100 cm³/mol. The molecule has 3 rings (SSSR count). The molecule has 2 N–H and O–H groups in total. The van der Waals surface area contributed by atoms with Crippen molar-refractivity contribution in [1.82, 2.24) is 10.6 Å². The maximum absolute atomic E-state index is 5.75. The fourth-order valence-corrected chi connectivity index (χ4v) is 4.22. The van der Waals surface area contributed by atoms with Crippen LogP contribution in [0.2, 0.25) is 0 Å². The van der Waals surface area contributed by atoms with E-state index in [1.165, 1.54) is 18.6 Å². The predicted octanol–water partition coefficient (Wildman–Crippen LogP) is 2.80. The Morgan fingerprint density at radius 2 is 2.04 bits per heavy atom. The highest BCUT2D eigenvalue weighted by Crippen LogP contribution is 2.36. The van der Waals surface area contributed by atoms with E-state index in [1.54, 1.807) is 0 Å². The number of nitrogens with zero attached hydrogens (tertiary/aromatic N) is 1. The average Bonchev–Trinajstić information content (AvgIpc) is 2.89. The maximum Gasteiger partial charge on any atom is 0.191 e. The molecule has 0 bridgehead atoms. The Kier molecular flexibility index (Phi) is 5.76. The van der Waals surface area contributed by atoms with Crippen LogP contribution in [-0.2, 0) is 6.54 Å². The molecule has 0 saturated carbocycles. The zero-order chi connectivity index (χ0) is 16.8. The number of nitrogens with one attached hydrogen (secondary N) is 2. The van der Waals surface area contributed by atoms with Crippen molar-refractivity contribution in [2.45, 2.75) is 37.5 Å². The van der Waals surface area contributed by atoms with Crippen LogP contribution in [0, 0.1) is 0 Å². The van der Waals surface area contributed by atoms with E-state index >= 15 is 0 Å². The third-order valence-electron chi connectivity index (χ3n) is 4.43.